The molecule has 0 aromatic heterocycles. The van der Waals surface area contributed by atoms with Crippen LogP contribution >= 0.6 is 0 Å². The summed E-state index contributed by atoms with van der Waals surface area (Å²) in [5.74, 6) is 0. The molecule has 0 aliphatic carbocycles. The van der Waals surface area contributed by atoms with Gasteiger partial charge >= 0.3 is 0 Å². The number of hydrazone groups is 1. The van der Waals surface area contributed by atoms with Crippen LogP contribution in [0, 0.1) is 0 Å². The monoisotopic (exact) mass is 126 g/mol. The van der Waals surface area contributed by atoms with Crippen molar-refractivity contribution >= 4 is 12.5 Å². The van der Waals surface area contributed by atoms with Crippen LogP contribution in [-0.4, -0.2) is 19.5 Å². The maximum Gasteiger partial charge on any atom is 0.143 e. The van der Waals surface area contributed by atoms with Gasteiger partial charge in [0.1, 0.15) is 6.29 Å². The van der Waals surface area contributed by atoms with Crippen LogP contribution in [0.15, 0.2) is 16.8 Å². The molecule has 0 unspecified atom stereocenters. The zero-order valence-electron chi connectivity index (χ0n) is 5.59. The van der Waals surface area contributed by atoms with E-state index >= 15 is 0 Å². The first-order chi connectivity index (χ1) is 4.31. The van der Waals surface area contributed by atoms with E-state index < -0.39 is 0 Å². The topological polar surface area (TPSA) is 41.5 Å². The fourth-order valence-corrected chi connectivity index (χ4v) is 0.317. The summed E-state index contributed by atoms with van der Waals surface area (Å²) in [4.78, 5) is 9.82. The van der Waals surface area contributed by atoms with Crippen LogP contribution < -0.4 is 5.43 Å². The number of nitrogens with zero attached hydrogens (tertiary/aromatic N) is 1. The summed E-state index contributed by atoms with van der Waals surface area (Å²) in [5.41, 5.74) is 3.40. The van der Waals surface area contributed by atoms with Crippen molar-refractivity contribution in [3.63, 3.8) is 0 Å². The number of allylic oxidation sites excluding steroid dienone is 2. The number of nitrogens with one attached hydrogen (secondary N) is 1. The highest BCUT2D eigenvalue weighted by Crippen LogP contribution is 1.81. The fraction of sp³-hybridized carbons (Fsp3) is 0.333. The van der Waals surface area contributed by atoms with Crippen LogP contribution in [-0.2, 0) is 4.79 Å². The molecule has 1 N–H and O–H groups in total. The van der Waals surface area contributed by atoms with Gasteiger partial charge in [0, 0.05) is 13.3 Å². The Kier molecular flexibility index (Phi) is 4.40. The third-order valence-corrected chi connectivity index (χ3v) is 0.728. The van der Waals surface area contributed by atoms with Crippen LogP contribution in [0.1, 0.15) is 6.92 Å². The molecule has 0 rings (SSSR count). The highest BCUT2D eigenvalue weighted by molar-refractivity contribution is 5.84. The lowest BCUT2D eigenvalue weighted by Gasteiger charge is -1.85. The van der Waals surface area contributed by atoms with E-state index in [1.54, 1.807) is 20.2 Å². The first-order valence-corrected chi connectivity index (χ1v) is 2.63. The molecule has 0 radical (unpaired) electrons. The average molecular weight is 126 g/mol. The minimum Gasteiger partial charge on any atom is -0.313 e. The largest absolute Gasteiger partial charge is 0.313 e. The molecule has 0 aliphatic rings. The summed E-state index contributed by atoms with van der Waals surface area (Å²) < 4.78 is 0. The van der Waals surface area contributed by atoms with E-state index in [1.807, 2.05) is 0 Å². The molecule has 0 aromatic rings. The van der Waals surface area contributed by atoms with E-state index in [9.17, 15) is 4.79 Å². The van der Waals surface area contributed by atoms with Gasteiger partial charge in [-0.1, -0.05) is 0 Å². The van der Waals surface area contributed by atoms with Gasteiger partial charge in [-0.25, -0.2) is 0 Å². The van der Waals surface area contributed by atoms with E-state index in [4.69, 9.17) is 0 Å². The Morgan fingerprint density at radius 3 is 2.78 bits per heavy atom. The maximum atomic E-state index is 9.82. The molecule has 3 nitrogen and oxygen atoms in total. The Bertz CT molecular complexity index is 138. The van der Waals surface area contributed by atoms with Crippen LogP contribution in [0.25, 0.3) is 0 Å². The van der Waals surface area contributed by atoms with Crippen molar-refractivity contribution in [3.8, 4) is 0 Å². The Hall–Kier alpha value is -1.12. The summed E-state index contributed by atoms with van der Waals surface area (Å²) in [5, 5.41) is 3.69. The summed E-state index contributed by atoms with van der Waals surface area (Å²) in [6, 6.07) is 0. The van der Waals surface area contributed by atoms with Gasteiger partial charge in [0.2, 0.25) is 0 Å². The van der Waals surface area contributed by atoms with Gasteiger partial charge < -0.3 is 5.43 Å². The second-order valence-electron chi connectivity index (χ2n) is 1.53. The predicted molar refractivity (Wildman–Crippen MR) is 37.4 cm³/mol. The van der Waals surface area contributed by atoms with Crippen LogP contribution in [0.3, 0.4) is 0 Å². The molecule has 0 heterocycles. The highest BCUT2D eigenvalue weighted by Gasteiger charge is 1.76. The lowest BCUT2D eigenvalue weighted by Crippen LogP contribution is -1.94. The lowest BCUT2D eigenvalue weighted by atomic mass is 10.3. The Morgan fingerprint density at radius 1 is 1.67 bits per heavy atom. The zero-order chi connectivity index (χ0) is 7.11. The van der Waals surface area contributed by atoms with Gasteiger partial charge in [-0.05, 0) is 18.6 Å². The number of hydrogen-bond donors (Lipinski definition) is 1. The Morgan fingerprint density at radius 2 is 2.33 bits per heavy atom. The summed E-state index contributed by atoms with van der Waals surface area (Å²) in [7, 11) is 1.70. The molecule has 0 aromatic carbocycles. The molecule has 0 spiro atoms. The minimum atomic E-state index is 0.733. The molecule has 0 bridgehead atoms. The predicted octanol–water partition coefficient (Wildman–Crippen LogP) is 0.337. The number of hydrogen-bond acceptors (Lipinski definition) is 3. The Labute approximate surface area is 54.5 Å². The quantitative estimate of drug-likeness (QED) is 0.256. The van der Waals surface area contributed by atoms with Gasteiger partial charge in [0.15, 0.2) is 0 Å². The molecular weight excluding hydrogens is 116 g/mol. The SMILES string of the molecule is CN/N=C\C(C)=C/C=O. The van der Waals surface area contributed by atoms with Crippen LogP contribution in [0.2, 0.25) is 0 Å². The lowest BCUT2D eigenvalue weighted by molar-refractivity contribution is -0.104. The van der Waals surface area contributed by atoms with Gasteiger partial charge in [-0.15, -0.1) is 0 Å². The van der Waals surface area contributed by atoms with E-state index in [2.05, 4.69) is 10.5 Å². The van der Waals surface area contributed by atoms with Gasteiger partial charge in [0.05, 0.1) is 0 Å². The second-order valence-corrected chi connectivity index (χ2v) is 1.53. The molecule has 0 amide bonds. The van der Waals surface area contributed by atoms with E-state index in [0.29, 0.717) is 0 Å². The third-order valence-electron chi connectivity index (χ3n) is 0.728. The van der Waals surface area contributed by atoms with E-state index in [0.717, 1.165) is 11.9 Å². The number of carbonyl (C=O) groups is 1. The van der Waals surface area contributed by atoms with E-state index in [-0.39, 0.29) is 0 Å². The summed E-state index contributed by atoms with van der Waals surface area (Å²) in [6.07, 6.45) is 3.76. The maximum absolute atomic E-state index is 9.82. The molecule has 9 heavy (non-hydrogen) atoms. The second kappa shape index (κ2) is 5.03. The van der Waals surface area contributed by atoms with Crippen molar-refractivity contribution in [1.82, 2.24) is 5.43 Å². The molecule has 50 valence electrons. The van der Waals surface area contributed by atoms with Gasteiger partial charge in [0.25, 0.3) is 0 Å². The van der Waals surface area contributed by atoms with Gasteiger partial charge in [-0.3, -0.25) is 4.79 Å². The zero-order valence-corrected chi connectivity index (χ0v) is 5.59. The van der Waals surface area contributed by atoms with Crippen molar-refractivity contribution in [3.05, 3.63) is 11.6 Å². The first kappa shape index (κ1) is 7.88. The van der Waals surface area contributed by atoms with E-state index in [1.165, 1.54) is 6.08 Å². The standard InChI is InChI=1S/C6H10N2O/c1-6(3-4-9)5-8-7-2/h3-5,7H,1-2H3/b6-3-,8-5-. The molecule has 0 atom stereocenters. The van der Waals surface area contributed by atoms with Crippen molar-refractivity contribution in [2.24, 2.45) is 5.10 Å². The fourth-order valence-electron chi connectivity index (χ4n) is 0.317. The van der Waals surface area contributed by atoms with Crippen molar-refractivity contribution < 1.29 is 4.79 Å². The normalized spacial score (nSPS) is 12.0. The molecule has 0 saturated carbocycles. The molecule has 3 heteroatoms. The highest BCUT2D eigenvalue weighted by atomic mass is 16.1. The minimum absolute atomic E-state index is 0.733. The smallest absolute Gasteiger partial charge is 0.143 e. The number of carbonyl (C=O) groups excluding carboxylic acids is 1. The molecule has 0 fully saturated rings. The summed E-state index contributed by atoms with van der Waals surface area (Å²) >= 11 is 0. The van der Waals surface area contributed by atoms with Crippen molar-refractivity contribution in [2.45, 2.75) is 6.92 Å². The number of aldehydes is 1. The van der Waals surface area contributed by atoms with Crippen LogP contribution in [0.5, 0.6) is 0 Å². The molecule has 0 saturated heterocycles. The Balaban J connectivity index is 3.74. The molecule has 0 aliphatic heterocycles. The average Bonchev–Trinajstić information content (AvgIpc) is 1.85. The number of rotatable bonds is 3. The van der Waals surface area contributed by atoms with Crippen molar-refractivity contribution in [2.75, 3.05) is 7.05 Å². The van der Waals surface area contributed by atoms with Gasteiger partial charge in [-0.2, -0.15) is 5.10 Å². The third kappa shape index (κ3) is 4.74. The van der Waals surface area contributed by atoms with Crippen LogP contribution in [0.4, 0.5) is 0 Å². The molecular formula is C6H10N2O. The van der Waals surface area contributed by atoms with Crippen molar-refractivity contribution in [1.29, 1.82) is 0 Å². The summed E-state index contributed by atoms with van der Waals surface area (Å²) in [6.45, 7) is 1.80. The first-order valence-electron chi connectivity index (χ1n) is 2.63.